The molecule has 0 radical (unpaired) electrons. The molecule has 3 rings (SSSR count). The van der Waals surface area contributed by atoms with Crippen LogP contribution in [0.4, 0.5) is 10.1 Å². The molecule has 2 aliphatic rings. The lowest BCUT2D eigenvalue weighted by atomic mass is 10.1. The van der Waals surface area contributed by atoms with Crippen molar-refractivity contribution in [2.75, 3.05) is 44.2 Å². The molecule has 0 unspecified atom stereocenters. The molecule has 0 aromatic heterocycles. The monoisotopic (exact) mass is 271 g/mol. The summed E-state index contributed by atoms with van der Waals surface area (Å²) < 4.78 is 12.8. The van der Waals surface area contributed by atoms with Crippen molar-refractivity contribution in [2.24, 2.45) is 0 Å². The van der Waals surface area contributed by atoms with Crippen molar-refractivity contribution in [3.8, 4) is 0 Å². The molecule has 0 amide bonds. The van der Waals surface area contributed by atoms with Gasteiger partial charge in [-0.05, 0) is 24.3 Å². The smallest absolute Gasteiger partial charge is 0.123 e. The van der Waals surface area contributed by atoms with Crippen LogP contribution in [-0.4, -0.2) is 50.2 Å². The van der Waals surface area contributed by atoms with Gasteiger partial charge in [0, 0.05) is 51.0 Å². The highest BCUT2D eigenvalue weighted by Crippen LogP contribution is 2.18. The van der Waals surface area contributed by atoms with Gasteiger partial charge in [0.2, 0.25) is 0 Å². The van der Waals surface area contributed by atoms with E-state index in [1.807, 2.05) is 12.1 Å². The minimum atomic E-state index is -0.159. The molecule has 1 N–H and O–H groups in total. The van der Waals surface area contributed by atoms with Crippen molar-refractivity contribution in [1.29, 1.82) is 0 Å². The predicted molar refractivity (Wildman–Crippen MR) is 74.1 cm³/mol. The molecule has 0 spiro atoms. The van der Waals surface area contributed by atoms with E-state index in [9.17, 15) is 4.39 Å². The topological polar surface area (TPSA) is 18.5 Å². The Morgan fingerprint density at radius 3 is 2.11 bits per heavy atom. The van der Waals surface area contributed by atoms with Gasteiger partial charge in [0.25, 0.3) is 0 Å². The number of hydrogen-bond acceptors (Lipinski definition) is 3. The van der Waals surface area contributed by atoms with Crippen LogP contribution in [0.5, 0.6) is 0 Å². The molecule has 0 aliphatic carbocycles. The van der Waals surface area contributed by atoms with Crippen molar-refractivity contribution < 1.29 is 4.39 Å². The minimum Gasteiger partial charge on any atom is -0.369 e. The van der Waals surface area contributed by atoms with E-state index in [0.29, 0.717) is 0 Å². The van der Waals surface area contributed by atoms with E-state index in [2.05, 4.69) is 15.1 Å². The maximum atomic E-state index is 12.8. The minimum absolute atomic E-state index is 0. The predicted octanol–water partition coefficient (Wildman–Crippen LogP) is 1.34. The number of nitrogens with zero attached hydrogens (tertiary/aromatic N) is 2. The maximum absolute atomic E-state index is 12.8. The van der Waals surface area contributed by atoms with E-state index in [1.54, 1.807) is 0 Å². The fraction of sp³-hybridized carbons (Fsp3) is 0.538. The van der Waals surface area contributed by atoms with Crippen LogP contribution in [0.1, 0.15) is 0 Å². The highest BCUT2D eigenvalue weighted by molar-refractivity contribution is 5.85. The zero-order valence-electron chi connectivity index (χ0n) is 10.3. The number of piperazine rings is 1. The number of nitrogens with one attached hydrogen (secondary N) is 1. The van der Waals surface area contributed by atoms with Crippen LogP contribution < -0.4 is 10.2 Å². The third-order valence-corrected chi connectivity index (χ3v) is 3.78. The maximum Gasteiger partial charge on any atom is 0.123 e. The molecule has 3 nitrogen and oxygen atoms in total. The van der Waals surface area contributed by atoms with Crippen LogP contribution in [0.3, 0.4) is 0 Å². The van der Waals surface area contributed by atoms with Crippen LogP contribution >= 0.6 is 12.4 Å². The second-order valence-electron chi connectivity index (χ2n) is 4.81. The summed E-state index contributed by atoms with van der Waals surface area (Å²) in [5.41, 5.74) is 1.14. The molecule has 0 atom stereocenters. The summed E-state index contributed by atoms with van der Waals surface area (Å²) in [6, 6.07) is 7.56. The van der Waals surface area contributed by atoms with Gasteiger partial charge in [0.15, 0.2) is 0 Å². The van der Waals surface area contributed by atoms with E-state index in [-0.39, 0.29) is 18.2 Å². The van der Waals surface area contributed by atoms with E-state index in [0.717, 1.165) is 51.0 Å². The molecule has 18 heavy (non-hydrogen) atoms. The van der Waals surface area contributed by atoms with Crippen LogP contribution in [0.25, 0.3) is 0 Å². The summed E-state index contributed by atoms with van der Waals surface area (Å²) in [5, 5.41) is 3.31. The molecular formula is C13H19ClFN3. The highest BCUT2D eigenvalue weighted by atomic mass is 35.5. The summed E-state index contributed by atoms with van der Waals surface area (Å²) in [6.45, 7) is 6.59. The van der Waals surface area contributed by atoms with Crippen LogP contribution in [0, 0.1) is 5.82 Å². The van der Waals surface area contributed by atoms with Gasteiger partial charge in [-0.2, -0.15) is 0 Å². The Labute approximate surface area is 113 Å². The van der Waals surface area contributed by atoms with Crippen LogP contribution in [0.15, 0.2) is 24.3 Å². The molecule has 2 fully saturated rings. The van der Waals surface area contributed by atoms with Gasteiger partial charge in [-0.1, -0.05) is 0 Å². The molecule has 1 aromatic rings. The van der Waals surface area contributed by atoms with Crippen molar-refractivity contribution >= 4 is 18.1 Å². The number of halogens is 2. The van der Waals surface area contributed by atoms with Crippen molar-refractivity contribution in [3.63, 3.8) is 0 Å². The van der Waals surface area contributed by atoms with Gasteiger partial charge in [-0.15, -0.1) is 12.4 Å². The fourth-order valence-electron chi connectivity index (χ4n) is 2.53. The van der Waals surface area contributed by atoms with E-state index < -0.39 is 0 Å². The van der Waals surface area contributed by atoms with E-state index >= 15 is 0 Å². The first-order valence-corrected chi connectivity index (χ1v) is 6.28. The lowest BCUT2D eigenvalue weighted by Gasteiger charge is -2.43. The first-order chi connectivity index (χ1) is 8.33. The molecule has 5 heteroatoms. The molecule has 100 valence electrons. The molecule has 2 heterocycles. The summed E-state index contributed by atoms with van der Waals surface area (Å²) in [6.07, 6.45) is 0. The molecule has 0 saturated carbocycles. The van der Waals surface area contributed by atoms with Gasteiger partial charge in [-0.25, -0.2) is 4.39 Å². The average molecular weight is 272 g/mol. The van der Waals surface area contributed by atoms with Gasteiger partial charge >= 0.3 is 0 Å². The first kappa shape index (κ1) is 13.6. The molecular weight excluding hydrogens is 253 g/mol. The molecule has 1 aromatic carbocycles. The summed E-state index contributed by atoms with van der Waals surface area (Å²) in [4.78, 5) is 4.89. The summed E-state index contributed by atoms with van der Waals surface area (Å²) in [5.74, 6) is -0.159. The standard InChI is InChI=1S/C13H18FN3.ClH/c14-11-1-3-12(4-2-11)16-5-7-17(8-6-16)13-9-15-10-13;/h1-4,13,15H,5-10H2;1H. The average Bonchev–Trinajstić information content (AvgIpc) is 2.29. The summed E-state index contributed by atoms with van der Waals surface area (Å²) >= 11 is 0. The lowest BCUT2D eigenvalue weighted by molar-refractivity contribution is 0.138. The molecule has 0 bridgehead atoms. The van der Waals surface area contributed by atoms with Gasteiger partial charge in [0.1, 0.15) is 5.82 Å². The number of benzene rings is 1. The highest BCUT2D eigenvalue weighted by Gasteiger charge is 2.27. The number of hydrogen-bond donors (Lipinski definition) is 1. The Balaban J connectivity index is 0.00000120. The normalized spacial score (nSPS) is 21.3. The Morgan fingerprint density at radius 2 is 1.61 bits per heavy atom. The second-order valence-corrected chi connectivity index (χ2v) is 4.81. The number of rotatable bonds is 2. The molecule has 2 saturated heterocycles. The van der Waals surface area contributed by atoms with Crippen LogP contribution in [-0.2, 0) is 0 Å². The Bertz CT molecular complexity index is 372. The Kier molecular flexibility index (Phi) is 4.43. The van der Waals surface area contributed by atoms with Gasteiger partial charge in [-0.3, -0.25) is 4.90 Å². The third-order valence-electron chi connectivity index (χ3n) is 3.78. The van der Waals surface area contributed by atoms with Gasteiger partial charge in [0.05, 0.1) is 0 Å². The van der Waals surface area contributed by atoms with Crippen molar-refractivity contribution in [3.05, 3.63) is 30.1 Å². The molecule has 2 aliphatic heterocycles. The second kappa shape index (κ2) is 5.87. The zero-order chi connectivity index (χ0) is 11.7. The van der Waals surface area contributed by atoms with Crippen molar-refractivity contribution in [2.45, 2.75) is 6.04 Å². The quantitative estimate of drug-likeness (QED) is 0.876. The SMILES string of the molecule is Cl.Fc1ccc(N2CCN(C3CNC3)CC2)cc1. The largest absolute Gasteiger partial charge is 0.369 e. The van der Waals surface area contributed by atoms with E-state index in [4.69, 9.17) is 0 Å². The van der Waals surface area contributed by atoms with Crippen LogP contribution in [0.2, 0.25) is 0 Å². The summed E-state index contributed by atoms with van der Waals surface area (Å²) in [7, 11) is 0. The Morgan fingerprint density at radius 1 is 1.00 bits per heavy atom. The third kappa shape index (κ3) is 2.76. The Hall–Kier alpha value is -0.840. The first-order valence-electron chi connectivity index (χ1n) is 6.28. The van der Waals surface area contributed by atoms with E-state index in [1.165, 1.54) is 12.1 Å². The lowest BCUT2D eigenvalue weighted by Crippen LogP contribution is -2.61. The van der Waals surface area contributed by atoms with Gasteiger partial charge < -0.3 is 10.2 Å². The van der Waals surface area contributed by atoms with Crippen molar-refractivity contribution in [1.82, 2.24) is 10.2 Å². The number of anilines is 1. The fourth-order valence-corrected chi connectivity index (χ4v) is 2.53. The zero-order valence-corrected chi connectivity index (χ0v) is 11.1.